The zero-order valence-corrected chi connectivity index (χ0v) is 17.3. The number of rotatable bonds is 5. The van der Waals surface area contributed by atoms with Crippen LogP contribution in [0.5, 0.6) is 0 Å². The Balaban J connectivity index is 1.89. The first kappa shape index (κ1) is 20.0. The van der Waals surface area contributed by atoms with Gasteiger partial charge in [0.1, 0.15) is 9.88 Å². The highest BCUT2D eigenvalue weighted by molar-refractivity contribution is 7.17. The molecule has 1 amide bonds. The number of aromatic nitrogens is 1. The first-order chi connectivity index (χ1) is 13.4. The summed E-state index contributed by atoms with van der Waals surface area (Å²) in [6, 6.07) is 16.2. The standard InChI is InChI=1S/C21H19ClN2O3S/c1-13-18(28-19(23-13)15-10-7-11-16(22)12-15)21(26)27-17(20(25)24(2)3)14-8-5-4-6-9-14/h4-12,17H,1-3H3/t17-/m0/s1. The summed E-state index contributed by atoms with van der Waals surface area (Å²) in [7, 11) is 3.25. The highest BCUT2D eigenvalue weighted by Gasteiger charge is 2.29. The molecule has 144 valence electrons. The third kappa shape index (κ3) is 4.40. The lowest BCUT2D eigenvalue weighted by Gasteiger charge is -2.21. The normalized spacial score (nSPS) is 11.7. The maximum Gasteiger partial charge on any atom is 0.351 e. The summed E-state index contributed by atoms with van der Waals surface area (Å²) in [5.41, 5.74) is 1.99. The number of halogens is 1. The minimum Gasteiger partial charge on any atom is -0.443 e. The Morgan fingerprint density at radius 1 is 1.11 bits per heavy atom. The average molecular weight is 415 g/mol. The second-order valence-electron chi connectivity index (χ2n) is 6.37. The van der Waals surface area contributed by atoms with Gasteiger partial charge < -0.3 is 9.64 Å². The van der Waals surface area contributed by atoms with Crippen molar-refractivity contribution in [3.63, 3.8) is 0 Å². The molecule has 1 atom stereocenters. The van der Waals surface area contributed by atoms with E-state index in [9.17, 15) is 9.59 Å². The second-order valence-corrected chi connectivity index (χ2v) is 7.81. The molecule has 0 N–H and O–H groups in total. The fraction of sp³-hybridized carbons (Fsp3) is 0.190. The van der Waals surface area contributed by atoms with Gasteiger partial charge in [0.2, 0.25) is 6.10 Å². The average Bonchev–Trinajstić information content (AvgIpc) is 3.08. The van der Waals surface area contributed by atoms with Crippen LogP contribution in [0.25, 0.3) is 10.6 Å². The topological polar surface area (TPSA) is 59.5 Å². The Morgan fingerprint density at radius 2 is 1.82 bits per heavy atom. The van der Waals surface area contributed by atoms with Crippen molar-refractivity contribution in [3.8, 4) is 10.6 Å². The number of esters is 1. The highest BCUT2D eigenvalue weighted by atomic mass is 35.5. The van der Waals surface area contributed by atoms with Crippen molar-refractivity contribution in [1.82, 2.24) is 9.88 Å². The number of hydrogen-bond donors (Lipinski definition) is 0. The van der Waals surface area contributed by atoms with E-state index >= 15 is 0 Å². The van der Waals surface area contributed by atoms with Crippen LogP contribution in [0.3, 0.4) is 0 Å². The molecular weight excluding hydrogens is 396 g/mol. The van der Waals surface area contributed by atoms with Crippen molar-refractivity contribution < 1.29 is 14.3 Å². The number of nitrogens with zero attached hydrogens (tertiary/aromatic N) is 2. The number of aryl methyl sites for hydroxylation is 1. The first-order valence-electron chi connectivity index (χ1n) is 8.57. The molecule has 0 fully saturated rings. The van der Waals surface area contributed by atoms with E-state index in [4.69, 9.17) is 16.3 Å². The van der Waals surface area contributed by atoms with Crippen molar-refractivity contribution in [2.24, 2.45) is 0 Å². The molecule has 0 saturated heterocycles. The molecule has 0 radical (unpaired) electrons. The number of likely N-dealkylation sites (N-methyl/N-ethyl adjacent to an activating group) is 1. The van der Waals surface area contributed by atoms with Crippen molar-refractivity contribution in [3.05, 3.63) is 75.8 Å². The van der Waals surface area contributed by atoms with Crippen LogP contribution < -0.4 is 0 Å². The summed E-state index contributed by atoms with van der Waals surface area (Å²) < 4.78 is 5.61. The Bertz CT molecular complexity index is 1000. The van der Waals surface area contributed by atoms with Gasteiger partial charge in [0.15, 0.2) is 0 Å². The lowest BCUT2D eigenvalue weighted by molar-refractivity contribution is -0.138. The molecule has 1 aromatic heterocycles. The van der Waals surface area contributed by atoms with Gasteiger partial charge in [-0.2, -0.15) is 0 Å². The van der Waals surface area contributed by atoms with Crippen LogP contribution in [-0.4, -0.2) is 35.9 Å². The summed E-state index contributed by atoms with van der Waals surface area (Å²) in [6.07, 6.45) is -1.01. The Labute approximate surface area is 172 Å². The van der Waals surface area contributed by atoms with E-state index in [1.165, 1.54) is 16.2 Å². The van der Waals surface area contributed by atoms with Crippen molar-refractivity contribution in [2.75, 3.05) is 14.1 Å². The van der Waals surface area contributed by atoms with Gasteiger partial charge in [-0.3, -0.25) is 4.79 Å². The van der Waals surface area contributed by atoms with Crippen molar-refractivity contribution >= 4 is 34.8 Å². The molecule has 1 heterocycles. The summed E-state index contributed by atoms with van der Waals surface area (Å²) >= 11 is 7.27. The molecule has 0 aliphatic carbocycles. The van der Waals surface area contributed by atoms with E-state index in [2.05, 4.69) is 4.98 Å². The number of carbonyl (C=O) groups is 2. The second kappa shape index (κ2) is 8.54. The Morgan fingerprint density at radius 3 is 2.46 bits per heavy atom. The summed E-state index contributed by atoms with van der Waals surface area (Å²) in [5, 5.41) is 1.26. The van der Waals surface area contributed by atoms with E-state index in [1.54, 1.807) is 57.4 Å². The Kier molecular flexibility index (Phi) is 6.11. The minimum atomic E-state index is -1.01. The molecule has 3 rings (SSSR count). The van der Waals surface area contributed by atoms with Gasteiger partial charge in [-0.05, 0) is 19.1 Å². The van der Waals surface area contributed by atoms with Crippen molar-refractivity contribution in [2.45, 2.75) is 13.0 Å². The minimum absolute atomic E-state index is 0.309. The third-order valence-electron chi connectivity index (χ3n) is 4.05. The molecular formula is C21H19ClN2O3S. The SMILES string of the molecule is Cc1nc(-c2cccc(Cl)c2)sc1C(=O)O[C@H](C(=O)N(C)C)c1ccccc1. The number of carbonyl (C=O) groups excluding carboxylic acids is 2. The largest absolute Gasteiger partial charge is 0.443 e. The smallest absolute Gasteiger partial charge is 0.351 e. The van der Waals surface area contributed by atoms with Gasteiger partial charge in [0.05, 0.1) is 5.69 Å². The van der Waals surface area contributed by atoms with Gasteiger partial charge in [-0.25, -0.2) is 9.78 Å². The maximum atomic E-state index is 12.8. The van der Waals surface area contributed by atoms with Crippen LogP contribution in [0.2, 0.25) is 5.02 Å². The first-order valence-corrected chi connectivity index (χ1v) is 9.76. The van der Waals surface area contributed by atoms with Gasteiger partial charge in [-0.15, -0.1) is 11.3 Å². The molecule has 0 spiro atoms. The van der Waals surface area contributed by atoms with E-state index in [0.29, 0.717) is 26.2 Å². The van der Waals surface area contributed by atoms with Crippen LogP contribution in [0.1, 0.15) is 27.0 Å². The van der Waals surface area contributed by atoms with Gasteiger partial charge in [-0.1, -0.05) is 54.1 Å². The number of benzene rings is 2. The lowest BCUT2D eigenvalue weighted by atomic mass is 10.1. The molecule has 28 heavy (non-hydrogen) atoms. The molecule has 0 saturated carbocycles. The maximum absolute atomic E-state index is 12.8. The van der Waals surface area contributed by atoms with Crippen molar-refractivity contribution in [1.29, 1.82) is 0 Å². The molecule has 2 aromatic carbocycles. The van der Waals surface area contributed by atoms with E-state index in [-0.39, 0.29) is 5.91 Å². The van der Waals surface area contributed by atoms with Gasteiger partial charge >= 0.3 is 5.97 Å². The third-order valence-corrected chi connectivity index (χ3v) is 5.47. The van der Waals surface area contributed by atoms with Crippen LogP contribution in [0.4, 0.5) is 0 Å². The summed E-state index contributed by atoms with van der Waals surface area (Å²) in [6.45, 7) is 1.74. The van der Waals surface area contributed by atoms with Crippen LogP contribution in [-0.2, 0) is 9.53 Å². The van der Waals surface area contributed by atoms with Gasteiger partial charge in [0.25, 0.3) is 5.91 Å². The molecule has 7 heteroatoms. The lowest BCUT2D eigenvalue weighted by Crippen LogP contribution is -2.31. The predicted molar refractivity (Wildman–Crippen MR) is 111 cm³/mol. The molecule has 0 bridgehead atoms. The zero-order valence-electron chi connectivity index (χ0n) is 15.7. The summed E-state index contributed by atoms with van der Waals surface area (Å²) in [4.78, 5) is 31.7. The van der Waals surface area contributed by atoms with E-state index < -0.39 is 12.1 Å². The van der Waals surface area contributed by atoms with E-state index in [0.717, 1.165) is 5.56 Å². The number of hydrogen-bond acceptors (Lipinski definition) is 5. The van der Waals surface area contributed by atoms with E-state index in [1.807, 2.05) is 18.2 Å². The molecule has 0 aliphatic rings. The molecule has 5 nitrogen and oxygen atoms in total. The quantitative estimate of drug-likeness (QED) is 0.565. The van der Waals surface area contributed by atoms with Crippen LogP contribution in [0.15, 0.2) is 54.6 Å². The number of thiazole rings is 1. The molecule has 3 aromatic rings. The molecule has 0 unspecified atom stereocenters. The van der Waals surface area contributed by atoms with Crippen LogP contribution >= 0.6 is 22.9 Å². The highest BCUT2D eigenvalue weighted by Crippen LogP contribution is 2.31. The number of amides is 1. The predicted octanol–water partition coefficient (Wildman–Crippen LogP) is 4.76. The zero-order chi connectivity index (χ0) is 20.3. The van der Waals surface area contributed by atoms with Crippen LogP contribution in [0, 0.1) is 6.92 Å². The monoisotopic (exact) mass is 414 g/mol. The molecule has 0 aliphatic heterocycles. The van der Waals surface area contributed by atoms with Gasteiger partial charge in [0, 0.05) is 30.2 Å². The Hall–Kier alpha value is -2.70. The number of ether oxygens (including phenoxy) is 1. The fourth-order valence-corrected chi connectivity index (χ4v) is 3.75. The fourth-order valence-electron chi connectivity index (χ4n) is 2.61. The summed E-state index contributed by atoms with van der Waals surface area (Å²) in [5.74, 6) is -0.885.